The summed E-state index contributed by atoms with van der Waals surface area (Å²) in [7, 11) is 0. The highest BCUT2D eigenvalue weighted by Crippen LogP contribution is 2.44. The summed E-state index contributed by atoms with van der Waals surface area (Å²) >= 11 is 1.46. The molecule has 2 aromatic carbocycles. The van der Waals surface area contributed by atoms with Crippen LogP contribution in [0.1, 0.15) is 69.9 Å². The van der Waals surface area contributed by atoms with E-state index in [9.17, 15) is 29.1 Å². The molecular formula is C35H48N6O8S. The van der Waals surface area contributed by atoms with Gasteiger partial charge in [0.2, 0.25) is 11.8 Å². The Balaban J connectivity index is 1.71. The quantitative estimate of drug-likeness (QED) is 0.0570. The molecule has 1 aliphatic carbocycles. The van der Waals surface area contributed by atoms with E-state index in [1.54, 1.807) is 20.8 Å². The lowest BCUT2D eigenvalue weighted by molar-refractivity contribution is -0.155. The summed E-state index contributed by atoms with van der Waals surface area (Å²) in [6.07, 6.45) is 1.07. The van der Waals surface area contributed by atoms with Crippen LogP contribution in [0.4, 0.5) is 4.79 Å². The minimum atomic E-state index is -1.32. The first-order chi connectivity index (χ1) is 23.7. The third kappa shape index (κ3) is 12.3. The summed E-state index contributed by atoms with van der Waals surface area (Å²) in [5.41, 5.74) is 14.1. The van der Waals surface area contributed by atoms with Crippen molar-refractivity contribution in [3.8, 4) is 11.1 Å². The SMILES string of the molecule is CSCC[C@H](NC(=O)OCC1c2ccccc2-c2ccccc21)C(=O)N[C@H](CCC(=O)OC(C)(C)C)C(=O)N[C@H](CCCN=C(N)N)C(=O)O. The molecule has 0 aliphatic heterocycles. The molecular weight excluding hydrogens is 664 g/mol. The number of hydrogen-bond donors (Lipinski definition) is 6. The van der Waals surface area contributed by atoms with Crippen molar-refractivity contribution in [2.24, 2.45) is 16.5 Å². The lowest BCUT2D eigenvalue weighted by Crippen LogP contribution is -2.56. The number of ether oxygens (including phenoxy) is 2. The van der Waals surface area contributed by atoms with Crippen LogP contribution in [-0.2, 0) is 28.7 Å². The lowest BCUT2D eigenvalue weighted by atomic mass is 9.98. The standard InChI is InChI=1S/C35H48N6O8S/c1-35(2,3)49-29(42)16-15-26(30(43)40-28(32(45)46)14-9-18-38-33(36)37)39-31(44)27(17-19-50-4)41-34(47)48-20-25-23-12-7-5-10-21(23)22-11-6-8-13-24(22)25/h5-8,10-13,25-28H,9,14-20H2,1-4H3,(H,39,44)(H,40,43)(H,41,47)(H,45,46)(H4,36,37,38)/t26-,27+,28-/m1/s1. The van der Waals surface area contributed by atoms with E-state index in [4.69, 9.17) is 20.9 Å². The molecule has 14 nitrogen and oxygen atoms in total. The number of alkyl carbamates (subject to hydrolysis) is 1. The Morgan fingerprint density at radius 1 is 0.860 bits per heavy atom. The Labute approximate surface area is 296 Å². The zero-order valence-corrected chi connectivity index (χ0v) is 29.7. The average Bonchev–Trinajstić information content (AvgIpc) is 3.37. The van der Waals surface area contributed by atoms with Crippen LogP contribution in [0.25, 0.3) is 11.1 Å². The Kier molecular flexibility index (Phi) is 14.9. The van der Waals surface area contributed by atoms with Gasteiger partial charge >= 0.3 is 18.0 Å². The molecule has 3 atom stereocenters. The van der Waals surface area contributed by atoms with Crippen LogP contribution >= 0.6 is 11.8 Å². The predicted octanol–water partition coefficient (Wildman–Crippen LogP) is 2.88. The number of carboxylic acid groups (broad SMARTS) is 1. The molecule has 0 aromatic heterocycles. The first-order valence-corrected chi connectivity index (χ1v) is 17.8. The Morgan fingerprint density at radius 2 is 1.42 bits per heavy atom. The second-order valence-electron chi connectivity index (χ2n) is 12.8. The van der Waals surface area contributed by atoms with Gasteiger partial charge in [0.15, 0.2) is 5.96 Å². The Hall–Kier alpha value is -4.79. The molecule has 15 heteroatoms. The molecule has 272 valence electrons. The fraction of sp³-hybridized carbons (Fsp3) is 0.486. The number of fused-ring (bicyclic) bond motifs is 3. The number of aliphatic imine (C=N–C) groups is 1. The number of hydrogen-bond acceptors (Lipinski definition) is 9. The van der Waals surface area contributed by atoms with Gasteiger partial charge in [-0.3, -0.25) is 19.4 Å². The van der Waals surface area contributed by atoms with Gasteiger partial charge in [-0.2, -0.15) is 11.8 Å². The molecule has 0 radical (unpaired) electrons. The topological polar surface area (TPSA) is 225 Å². The first kappa shape index (κ1) is 39.6. The van der Waals surface area contributed by atoms with Crippen molar-refractivity contribution in [3.63, 3.8) is 0 Å². The number of esters is 1. The van der Waals surface area contributed by atoms with Gasteiger partial charge in [-0.1, -0.05) is 48.5 Å². The van der Waals surface area contributed by atoms with E-state index < -0.39 is 53.6 Å². The zero-order valence-electron chi connectivity index (χ0n) is 28.9. The number of carbonyl (C=O) groups excluding carboxylic acids is 4. The number of rotatable bonds is 18. The molecule has 3 amide bonds. The van der Waals surface area contributed by atoms with Crippen LogP contribution in [0.3, 0.4) is 0 Å². The second-order valence-corrected chi connectivity index (χ2v) is 13.8. The van der Waals surface area contributed by atoms with Crippen molar-refractivity contribution in [1.82, 2.24) is 16.0 Å². The number of nitrogens with zero attached hydrogens (tertiary/aromatic N) is 1. The third-order valence-electron chi connectivity index (χ3n) is 7.81. The van der Waals surface area contributed by atoms with Crippen molar-refractivity contribution in [3.05, 3.63) is 59.7 Å². The number of guanidine groups is 1. The van der Waals surface area contributed by atoms with Gasteiger partial charge < -0.3 is 42.0 Å². The smallest absolute Gasteiger partial charge is 0.407 e. The van der Waals surface area contributed by atoms with Crippen molar-refractivity contribution < 1.29 is 38.6 Å². The van der Waals surface area contributed by atoms with E-state index in [1.165, 1.54) is 11.8 Å². The van der Waals surface area contributed by atoms with E-state index in [0.717, 1.165) is 22.3 Å². The predicted molar refractivity (Wildman–Crippen MR) is 191 cm³/mol. The van der Waals surface area contributed by atoms with Gasteiger partial charge in [-0.05, 0) is 80.7 Å². The van der Waals surface area contributed by atoms with Crippen molar-refractivity contribution in [2.75, 3.05) is 25.2 Å². The molecule has 1 aliphatic rings. The maximum Gasteiger partial charge on any atom is 0.407 e. The number of aliphatic carboxylic acids is 1. The second kappa shape index (κ2) is 18.8. The molecule has 0 spiro atoms. The van der Waals surface area contributed by atoms with E-state index in [0.29, 0.717) is 5.75 Å². The number of benzene rings is 2. The summed E-state index contributed by atoms with van der Waals surface area (Å²) in [5, 5.41) is 17.4. The Bertz CT molecular complexity index is 1500. The van der Waals surface area contributed by atoms with Gasteiger partial charge in [-0.15, -0.1) is 0 Å². The number of thioether (sulfide) groups is 1. The molecule has 0 heterocycles. The highest BCUT2D eigenvalue weighted by molar-refractivity contribution is 7.98. The minimum Gasteiger partial charge on any atom is -0.480 e. The zero-order chi connectivity index (χ0) is 36.8. The van der Waals surface area contributed by atoms with E-state index in [1.807, 2.05) is 54.8 Å². The molecule has 2 aromatic rings. The van der Waals surface area contributed by atoms with Gasteiger partial charge in [0.25, 0.3) is 0 Å². The van der Waals surface area contributed by atoms with Crippen LogP contribution in [0.15, 0.2) is 53.5 Å². The number of carbonyl (C=O) groups is 5. The molecule has 3 rings (SSSR count). The summed E-state index contributed by atoms with van der Waals surface area (Å²) in [5.74, 6) is -3.25. The maximum atomic E-state index is 13.6. The number of carboxylic acids is 1. The summed E-state index contributed by atoms with van der Waals surface area (Å²) in [4.78, 5) is 68.4. The highest BCUT2D eigenvalue weighted by atomic mass is 32.2. The van der Waals surface area contributed by atoms with Crippen LogP contribution in [-0.4, -0.2) is 89.8 Å². The number of nitrogens with two attached hydrogens (primary N) is 2. The minimum absolute atomic E-state index is 0.00424. The molecule has 8 N–H and O–H groups in total. The van der Waals surface area contributed by atoms with Crippen LogP contribution in [0, 0.1) is 0 Å². The monoisotopic (exact) mass is 712 g/mol. The summed E-state index contributed by atoms with van der Waals surface area (Å²) in [6.45, 7) is 5.28. The van der Waals surface area contributed by atoms with E-state index >= 15 is 0 Å². The molecule has 0 saturated carbocycles. The van der Waals surface area contributed by atoms with E-state index in [2.05, 4.69) is 20.9 Å². The number of amides is 3. The average molecular weight is 713 g/mol. The van der Waals surface area contributed by atoms with Gasteiger partial charge in [0, 0.05) is 18.9 Å². The normalized spacial score (nSPS) is 13.8. The highest BCUT2D eigenvalue weighted by Gasteiger charge is 2.32. The van der Waals surface area contributed by atoms with Crippen LogP contribution in [0.2, 0.25) is 0 Å². The summed E-state index contributed by atoms with van der Waals surface area (Å²) < 4.78 is 11.0. The van der Waals surface area contributed by atoms with Gasteiger partial charge in [0.05, 0.1) is 0 Å². The molecule has 0 bridgehead atoms. The lowest BCUT2D eigenvalue weighted by Gasteiger charge is -2.25. The molecule has 0 fully saturated rings. The van der Waals surface area contributed by atoms with Gasteiger partial charge in [-0.25, -0.2) is 9.59 Å². The van der Waals surface area contributed by atoms with Crippen molar-refractivity contribution in [1.29, 1.82) is 0 Å². The fourth-order valence-corrected chi connectivity index (χ4v) is 5.99. The molecule has 0 saturated heterocycles. The van der Waals surface area contributed by atoms with Crippen LogP contribution in [0.5, 0.6) is 0 Å². The van der Waals surface area contributed by atoms with E-state index in [-0.39, 0.29) is 57.1 Å². The van der Waals surface area contributed by atoms with Gasteiger partial charge in [0.1, 0.15) is 30.3 Å². The molecule has 50 heavy (non-hydrogen) atoms. The summed E-state index contributed by atoms with van der Waals surface area (Å²) in [6, 6.07) is 12.1. The van der Waals surface area contributed by atoms with Crippen LogP contribution < -0.4 is 27.4 Å². The molecule has 0 unspecified atom stereocenters. The first-order valence-electron chi connectivity index (χ1n) is 16.4. The Morgan fingerprint density at radius 3 is 1.96 bits per heavy atom. The number of nitrogens with one attached hydrogen (secondary N) is 3. The largest absolute Gasteiger partial charge is 0.480 e. The van der Waals surface area contributed by atoms with Crippen molar-refractivity contribution >= 4 is 47.6 Å². The maximum absolute atomic E-state index is 13.6. The third-order valence-corrected chi connectivity index (χ3v) is 8.46. The fourth-order valence-electron chi connectivity index (χ4n) is 5.52. The van der Waals surface area contributed by atoms with Crippen molar-refractivity contribution in [2.45, 2.75) is 82.5 Å².